The highest BCUT2D eigenvalue weighted by molar-refractivity contribution is 5.73. The Bertz CT molecular complexity index is 326. The Kier molecular flexibility index (Phi) is 7.01. The highest BCUT2D eigenvalue weighted by atomic mass is 19.4. The molecule has 0 spiro atoms. The van der Waals surface area contributed by atoms with E-state index in [1.165, 1.54) is 52.0 Å². The molecule has 1 aliphatic carbocycles. The zero-order valence-corrected chi connectivity index (χ0v) is 11.3. The van der Waals surface area contributed by atoms with Crippen LogP contribution in [0.1, 0.15) is 19.3 Å². The number of piperazine rings is 1. The van der Waals surface area contributed by atoms with Gasteiger partial charge in [-0.15, -0.1) is 0 Å². The van der Waals surface area contributed by atoms with Crippen molar-refractivity contribution in [3.8, 4) is 0 Å². The van der Waals surface area contributed by atoms with Gasteiger partial charge in [-0.3, -0.25) is 0 Å². The highest BCUT2D eigenvalue weighted by Gasteiger charge is 2.38. The van der Waals surface area contributed by atoms with Crippen LogP contribution in [0.4, 0.5) is 13.2 Å². The van der Waals surface area contributed by atoms with E-state index in [2.05, 4.69) is 22.4 Å². The van der Waals surface area contributed by atoms with E-state index >= 15 is 0 Å². The summed E-state index contributed by atoms with van der Waals surface area (Å²) in [6, 6.07) is 0. The topological polar surface area (TPSA) is 52.6 Å². The van der Waals surface area contributed by atoms with Gasteiger partial charge in [-0.1, -0.05) is 12.2 Å². The molecule has 0 aromatic heterocycles. The van der Waals surface area contributed by atoms with E-state index in [9.17, 15) is 13.2 Å². The number of carboxylic acid groups (broad SMARTS) is 1. The van der Waals surface area contributed by atoms with Crippen molar-refractivity contribution in [2.24, 2.45) is 5.92 Å². The first-order valence-corrected chi connectivity index (χ1v) is 6.78. The minimum Gasteiger partial charge on any atom is -0.475 e. The zero-order valence-electron chi connectivity index (χ0n) is 11.3. The van der Waals surface area contributed by atoms with Gasteiger partial charge in [0.25, 0.3) is 0 Å². The maximum atomic E-state index is 10.6. The van der Waals surface area contributed by atoms with Crippen LogP contribution in [0.3, 0.4) is 0 Å². The minimum absolute atomic E-state index is 0.933. The van der Waals surface area contributed by atoms with Gasteiger partial charge < -0.3 is 15.3 Å². The van der Waals surface area contributed by atoms with E-state index in [0.29, 0.717) is 0 Å². The van der Waals surface area contributed by atoms with Crippen LogP contribution in [0, 0.1) is 5.92 Å². The molecular weight excluding hydrogens is 273 g/mol. The molecule has 0 bridgehead atoms. The van der Waals surface area contributed by atoms with Gasteiger partial charge in [0, 0.05) is 32.7 Å². The normalized spacial score (nSPS) is 23.9. The molecule has 1 atom stereocenters. The Morgan fingerprint density at radius 3 is 2.35 bits per heavy atom. The molecule has 2 rings (SSSR count). The third-order valence-corrected chi connectivity index (χ3v) is 3.35. The molecule has 0 aromatic carbocycles. The Hall–Kier alpha value is -1.08. The van der Waals surface area contributed by atoms with Crippen molar-refractivity contribution in [3.05, 3.63) is 12.2 Å². The molecule has 1 saturated heterocycles. The van der Waals surface area contributed by atoms with Crippen molar-refractivity contribution in [1.29, 1.82) is 0 Å². The molecule has 1 fully saturated rings. The van der Waals surface area contributed by atoms with Crippen LogP contribution in [0.5, 0.6) is 0 Å². The summed E-state index contributed by atoms with van der Waals surface area (Å²) in [5.41, 5.74) is 0. The van der Waals surface area contributed by atoms with Gasteiger partial charge in [0.05, 0.1) is 0 Å². The lowest BCUT2D eigenvalue weighted by atomic mass is 9.94. The summed E-state index contributed by atoms with van der Waals surface area (Å²) >= 11 is 0. The van der Waals surface area contributed by atoms with E-state index in [0.717, 1.165) is 5.92 Å². The molecule has 2 aliphatic rings. The van der Waals surface area contributed by atoms with Gasteiger partial charge >= 0.3 is 12.1 Å². The molecule has 0 amide bonds. The van der Waals surface area contributed by atoms with E-state index in [-0.39, 0.29) is 0 Å². The lowest BCUT2D eigenvalue weighted by Crippen LogP contribution is -2.45. The van der Waals surface area contributed by atoms with Crippen molar-refractivity contribution >= 4 is 5.97 Å². The van der Waals surface area contributed by atoms with Crippen molar-refractivity contribution in [2.75, 3.05) is 32.7 Å². The maximum Gasteiger partial charge on any atom is 0.490 e. The first kappa shape index (κ1) is 17.0. The van der Waals surface area contributed by atoms with E-state index < -0.39 is 12.1 Å². The Morgan fingerprint density at radius 2 is 1.90 bits per heavy atom. The number of carboxylic acids is 1. The molecule has 116 valence electrons. The summed E-state index contributed by atoms with van der Waals surface area (Å²) in [7, 11) is 0. The van der Waals surface area contributed by atoms with Crippen LogP contribution in [-0.4, -0.2) is 54.9 Å². The van der Waals surface area contributed by atoms with E-state index in [4.69, 9.17) is 9.90 Å². The van der Waals surface area contributed by atoms with Crippen LogP contribution in [0.2, 0.25) is 0 Å². The van der Waals surface area contributed by atoms with E-state index in [1.807, 2.05) is 0 Å². The molecule has 0 saturated carbocycles. The minimum atomic E-state index is -5.08. The monoisotopic (exact) mass is 294 g/mol. The number of aliphatic carboxylic acids is 1. The summed E-state index contributed by atoms with van der Waals surface area (Å²) in [6.07, 6.45) is 3.62. The molecule has 1 unspecified atom stereocenters. The summed E-state index contributed by atoms with van der Waals surface area (Å²) < 4.78 is 31.7. The van der Waals surface area contributed by atoms with Crippen LogP contribution in [-0.2, 0) is 4.79 Å². The van der Waals surface area contributed by atoms with Gasteiger partial charge in [0.1, 0.15) is 0 Å². The summed E-state index contributed by atoms with van der Waals surface area (Å²) in [6.45, 7) is 6.19. The summed E-state index contributed by atoms with van der Waals surface area (Å²) in [5, 5.41) is 10.5. The molecule has 0 radical (unpaired) electrons. The second-order valence-electron chi connectivity index (χ2n) is 5.00. The number of carbonyl (C=O) groups is 1. The number of nitrogens with one attached hydrogen (secondary N) is 1. The molecule has 2 N–H and O–H groups in total. The number of alkyl halides is 3. The first-order valence-electron chi connectivity index (χ1n) is 6.78. The third kappa shape index (κ3) is 6.91. The third-order valence-electron chi connectivity index (χ3n) is 3.35. The largest absolute Gasteiger partial charge is 0.490 e. The van der Waals surface area contributed by atoms with Crippen LogP contribution in [0.15, 0.2) is 12.2 Å². The highest BCUT2D eigenvalue weighted by Crippen LogP contribution is 2.19. The number of rotatable bonds is 2. The van der Waals surface area contributed by atoms with Gasteiger partial charge in [-0.2, -0.15) is 13.2 Å². The van der Waals surface area contributed by atoms with Crippen molar-refractivity contribution < 1.29 is 23.1 Å². The Morgan fingerprint density at radius 1 is 1.30 bits per heavy atom. The molecule has 1 aliphatic heterocycles. The number of hydrogen-bond acceptors (Lipinski definition) is 3. The smallest absolute Gasteiger partial charge is 0.475 e. The predicted molar refractivity (Wildman–Crippen MR) is 69.5 cm³/mol. The zero-order chi connectivity index (χ0) is 15.0. The molecule has 4 nitrogen and oxygen atoms in total. The molecular formula is C13H21F3N2O2. The Balaban J connectivity index is 0.000000246. The lowest BCUT2D eigenvalue weighted by Gasteiger charge is -2.31. The van der Waals surface area contributed by atoms with Crippen LogP contribution in [0.25, 0.3) is 0 Å². The Labute approximate surface area is 116 Å². The maximum absolute atomic E-state index is 10.6. The number of hydrogen-bond donors (Lipinski definition) is 2. The van der Waals surface area contributed by atoms with Gasteiger partial charge in [0.2, 0.25) is 0 Å². The van der Waals surface area contributed by atoms with Crippen molar-refractivity contribution in [1.82, 2.24) is 10.2 Å². The van der Waals surface area contributed by atoms with Crippen LogP contribution < -0.4 is 5.32 Å². The van der Waals surface area contributed by atoms with Crippen molar-refractivity contribution in [3.63, 3.8) is 0 Å². The lowest BCUT2D eigenvalue weighted by molar-refractivity contribution is -0.192. The van der Waals surface area contributed by atoms with E-state index in [1.54, 1.807) is 0 Å². The quantitative estimate of drug-likeness (QED) is 0.764. The van der Waals surface area contributed by atoms with Gasteiger partial charge in [-0.25, -0.2) is 4.79 Å². The van der Waals surface area contributed by atoms with Crippen molar-refractivity contribution in [2.45, 2.75) is 25.4 Å². The summed E-state index contributed by atoms with van der Waals surface area (Å²) in [5.74, 6) is -1.82. The number of halogens is 3. The van der Waals surface area contributed by atoms with Crippen LogP contribution >= 0.6 is 0 Å². The standard InChI is InChI=1S/C11H20N2.C2HF3O2/c1-2-4-11(5-3-1)10-13-8-6-12-7-9-13;3-2(4,5)1(6)7/h1-2,11-12H,3-10H2;(H,6,7). The fourth-order valence-electron chi connectivity index (χ4n) is 2.28. The fraction of sp³-hybridized carbons (Fsp3) is 0.769. The SMILES string of the molecule is C1=CCC(CN2CCNCC2)CC1.O=C(O)C(F)(F)F. The molecule has 0 aromatic rings. The van der Waals surface area contributed by atoms with Gasteiger partial charge in [0.15, 0.2) is 0 Å². The first-order chi connectivity index (χ1) is 9.39. The molecule has 1 heterocycles. The van der Waals surface area contributed by atoms with Gasteiger partial charge in [-0.05, 0) is 25.2 Å². The second kappa shape index (κ2) is 8.26. The number of allylic oxidation sites excluding steroid dienone is 2. The second-order valence-corrected chi connectivity index (χ2v) is 5.00. The predicted octanol–water partition coefficient (Wildman–Crippen LogP) is 1.88. The molecule has 7 heteroatoms. The molecule has 20 heavy (non-hydrogen) atoms. The fourth-order valence-corrected chi connectivity index (χ4v) is 2.28. The number of nitrogens with zero attached hydrogens (tertiary/aromatic N) is 1. The average Bonchev–Trinajstić information content (AvgIpc) is 2.40. The summed E-state index contributed by atoms with van der Waals surface area (Å²) in [4.78, 5) is 11.5. The average molecular weight is 294 g/mol.